The Morgan fingerprint density at radius 2 is 2.33 bits per heavy atom. The summed E-state index contributed by atoms with van der Waals surface area (Å²) in [5.74, 6) is -1.09. The molecular formula is C8H9NO3. The van der Waals surface area contributed by atoms with Crippen molar-refractivity contribution in [3.8, 4) is 0 Å². The van der Waals surface area contributed by atoms with Crippen LogP contribution in [0.5, 0.6) is 0 Å². The van der Waals surface area contributed by atoms with Crippen LogP contribution in [0.4, 0.5) is 0 Å². The third kappa shape index (κ3) is 1.79. The minimum absolute atomic E-state index is 0.0478. The lowest BCUT2D eigenvalue weighted by Gasteiger charge is -2.03. The van der Waals surface area contributed by atoms with Crippen molar-refractivity contribution in [1.82, 2.24) is 4.98 Å². The molecule has 0 aliphatic heterocycles. The fourth-order valence-corrected chi connectivity index (χ4v) is 0.824. The number of carboxylic acid groups (broad SMARTS) is 1. The van der Waals surface area contributed by atoms with Crippen molar-refractivity contribution in [2.24, 2.45) is 0 Å². The molecule has 1 heterocycles. The number of hydrogen-bond acceptors (Lipinski definition) is 3. The fraction of sp³-hybridized carbons (Fsp3) is 0.250. The number of aromatic nitrogens is 1. The average Bonchev–Trinajstić information content (AvgIpc) is 2.04. The lowest BCUT2D eigenvalue weighted by Crippen LogP contribution is -2.02. The molecule has 1 aromatic rings. The molecule has 0 bridgehead atoms. The number of carboxylic acids is 1. The molecule has 0 spiro atoms. The van der Waals surface area contributed by atoms with Gasteiger partial charge in [-0.25, -0.2) is 9.78 Å². The van der Waals surface area contributed by atoms with Crippen molar-refractivity contribution in [1.29, 1.82) is 0 Å². The fourth-order valence-electron chi connectivity index (χ4n) is 0.824. The summed E-state index contributed by atoms with van der Waals surface area (Å²) >= 11 is 0. The second kappa shape index (κ2) is 3.32. The van der Waals surface area contributed by atoms with Gasteiger partial charge in [-0.15, -0.1) is 0 Å². The van der Waals surface area contributed by atoms with Gasteiger partial charge in [0.25, 0.3) is 0 Å². The Labute approximate surface area is 69.5 Å². The van der Waals surface area contributed by atoms with Crippen molar-refractivity contribution in [2.45, 2.75) is 13.0 Å². The van der Waals surface area contributed by atoms with Crippen LogP contribution in [-0.4, -0.2) is 21.2 Å². The number of aliphatic hydroxyl groups excluding tert-OH is 1. The maximum absolute atomic E-state index is 10.4. The highest BCUT2D eigenvalue weighted by molar-refractivity contribution is 5.85. The molecule has 0 aliphatic rings. The van der Waals surface area contributed by atoms with Crippen molar-refractivity contribution in [3.05, 3.63) is 29.6 Å². The first kappa shape index (κ1) is 8.67. The lowest BCUT2D eigenvalue weighted by atomic mass is 10.1. The van der Waals surface area contributed by atoms with E-state index in [1.54, 1.807) is 13.0 Å². The zero-order chi connectivity index (χ0) is 9.14. The lowest BCUT2D eigenvalue weighted by molar-refractivity contribution is 0.0690. The van der Waals surface area contributed by atoms with Gasteiger partial charge in [0.05, 0.1) is 6.10 Å². The Bertz CT molecular complexity index is 296. The second-order valence-electron chi connectivity index (χ2n) is 2.46. The van der Waals surface area contributed by atoms with Crippen LogP contribution in [0.25, 0.3) is 0 Å². The minimum Gasteiger partial charge on any atom is -0.477 e. The maximum atomic E-state index is 10.4. The summed E-state index contributed by atoms with van der Waals surface area (Å²) in [6.45, 7) is 1.57. The molecule has 0 aliphatic carbocycles. The second-order valence-corrected chi connectivity index (χ2v) is 2.46. The summed E-state index contributed by atoms with van der Waals surface area (Å²) < 4.78 is 0. The molecule has 0 saturated heterocycles. The van der Waals surface area contributed by atoms with Crippen molar-refractivity contribution < 1.29 is 15.0 Å². The van der Waals surface area contributed by atoms with E-state index < -0.39 is 12.1 Å². The standard InChI is InChI=1S/C8H9NO3/c1-5(10)6-2-3-9-7(4-6)8(11)12/h2-5,10H,1H3,(H,11,12)/t5-/m0/s1. The molecule has 0 aromatic carbocycles. The van der Waals surface area contributed by atoms with Crippen LogP contribution < -0.4 is 0 Å². The molecule has 1 rings (SSSR count). The van der Waals surface area contributed by atoms with Crippen molar-refractivity contribution in [3.63, 3.8) is 0 Å². The molecule has 1 aromatic heterocycles. The van der Waals surface area contributed by atoms with E-state index in [9.17, 15) is 4.79 Å². The highest BCUT2D eigenvalue weighted by atomic mass is 16.4. The van der Waals surface area contributed by atoms with Crippen LogP contribution in [0, 0.1) is 0 Å². The molecule has 64 valence electrons. The van der Waals surface area contributed by atoms with E-state index in [-0.39, 0.29) is 5.69 Å². The number of rotatable bonds is 2. The molecule has 0 fully saturated rings. The van der Waals surface area contributed by atoms with Gasteiger partial charge in [-0.3, -0.25) is 0 Å². The van der Waals surface area contributed by atoms with Gasteiger partial charge in [0, 0.05) is 6.20 Å². The van der Waals surface area contributed by atoms with Gasteiger partial charge in [0.1, 0.15) is 5.69 Å². The van der Waals surface area contributed by atoms with Crippen LogP contribution in [0.2, 0.25) is 0 Å². The van der Waals surface area contributed by atoms with Crippen molar-refractivity contribution >= 4 is 5.97 Å². The van der Waals surface area contributed by atoms with E-state index in [1.807, 2.05) is 0 Å². The zero-order valence-electron chi connectivity index (χ0n) is 6.56. The number of nitrogens with zero attached hydrogens (tertiary/aromatic N) is 1. The molecule has 0 unspecified atom stereocenters. The summed E-state index contributed by atoms with van der Waals surface area (Å²) in [5, 5.41) is 17.7. The molecule has 12 heavy (non-hydrogen) atoms. The Balaban J connectivity index is 3.04. The van der Waals surface area contributed by atoms with Gasteiger partial charge in [-0.2, -0.15) is 0 Å². The molecule has 0 amide bonds. The number of carbonyl (C=O) groups is 1. The number of pyridine rings is 1. The Kier molecular flexibility index (Phi) is 2.40. The zero-order valence-corrected chi connectivity index (χ0v) is 6.56. The summed E-state index contributed by atoms with van der Waals surface area (Å²) in [5.41, 5.74) is 0.510. The summed E-state index contributed by atoms with van der Waals surface area (Å²) in [6.07, 6.45) is 0.706. The van der Waals surface area contributed by atoms with Gasteiger partial charge in [0.15, 0.2) is 0 Å². The number of hydrogen-bond donors (Lipinski definition) is 2. The van der Waals surface area contributed by atoms with E-state index in [0.29, 0.717) is 5.56 Å². The van der Waals surface area contributed by atoms with E-state index in [2.05, 4.69) is 4.98 Å². The van der Waals surface area contributed by atoms with Crippen LogP contribution in [0.1, 0.15) is 29.1 Å². The van der Waals surface area contributed by atoms with Crippen LogP contribution >= 0.6 is 0 Å². The number of aliphatic hydroxyl groups is 1. The molecule has 2 N–H and O–H groups in total. The summed E-state index contributed by atoms with van der Waals surface area (Å²) in [6, 6.07) is 2.93. The van der Waals surface area contributed by atoms with Gasteiger partial charge in [0.2, 0.25) is 0 Å². The minimum atomic E-state index is -1.09. The number of aromatic carboxylic acids is 1. The highest BCUT2D eigenvalue weighted by Crippen LogP contribution is 2.11. The maximum Gasteiger partial charge on any atom is 0.354 e. The van der Waals surface area contributed by atoms with Crippen LogP contribution in [0.3, 0.4) is 0 Å². The SMILES string of the molecule is C[C@H](O)c1ccnc(C(=O)O)c1. The van der Waals surface area contributed by atoms with E-state index in [0.717, 1.165) is 0 Å². The van der Waals surface area contributed by atoms with E-state index in [1.165, 1.54) is 12.3 Å². The largest absolute Gasteiger partial charge is 0.477 e. The predicted molar refractivity (Wildman–Crippen MR) is 41.8 cm³/mol. The quantitative estimate of drug-likeness (QED) is 0.684. The van der Waals surface area contributed by atoms with E-state index in [4.69, 9.17) is 10.2 Å². The molecule has 4 nitrogen and oxygen atoms in total. The molecule has 0 radical (unpaired) electrons. The van der Waals surface area contributed by atoms with Gasteiger partial charge in [-0.1, -0.05) is 0 Å². The van der Waals surface area contributed by atoms with Gasteiger partial charge in [-0.05, 0) is 24.6 Å². The topological polar surface area (TPSA) is 70.4 Å². The average molecular weight is 167 g/mol. The third-order valence-corrected chi connectivity index (χ3v) is 1.49. The normalized spacial score (nSPS) is 12.5. The third-order valence-electron chi connectivity index (χ3n) is 1.49. The molecule has 4 heteroatoms. The molecule has 1 atom stereocenters. The van der Waals surface area contributed by atoms with E-state index >= 15 is 0 Å². The monoisotopic (exact) mass is 167 g/mol. The first-order chi connectivity index (χ1) is 5.61. The van der Waals surface area contributed by atoms with Crippen LogP contribution in [0.15, 0.2) is 18.3 Å². The Morgan fingerprint density at radius 3 is 2.83 bits per heavy atom. The molecule has 0 saturated carbocycles. The predicted octanol–water partition coefficient (Wildman–Crippen LogP) is 0.833. The summed E-state index contributed by atoms with van der Waals surface area (Å²) in [4.78, 5) is 14.0. The molecular weight excluding hydrogens is 158 g/mol. The van der Waals surface area contributed by atoms with Crippen molar-refractivity contribution in [2.75, 3.05) is 0 Å². The highest BCUT2D eigenvalue weighted by Gasteiger charge is 2.07. The smallest absolute Gasteiger partial charge is 0.354 e. The van der Waals surface area contributed by atoms with Gasteiger partial charge < -0.3 is 10.2 Å². The van der Waals surface area contributed by atoms with Gasteiger partial charge >= 0.3 is 5.97 Å². The Morgan fingerprint density at radius 1 is 1.67 bits per heavy atom. The first-order valence-electron chi connectivity index (χ1n) is 3.48. The Hall–Kier alpha value is -1.42. The summed E-state index contributed by atoms with van der Waals surface area (Å²) in [7, 11) is 0. The van der Waals surface area contributed by atoms with Crippen LogP contribution in [-0.2, 0) is 0 Å². The first-order valence-corrected chi connectivity index (χ1v) is 3.48.